The maximum absolute atomic E-state index is 11.7. The smallest absolute Gasteiger partial charge is 0.414 e. The second kappa shape index (κ2) is 6.18. The molecule has 0 aliphatic heterocycles. The summed E-state index contributed by atoms with van der Waals surface area (Å²) < 4.78 is 5.12. The monoisotopic (exact) mass is 297 g/mol. The highest BCUT2D eigenvalue weighted by atomic mass is 16.6. The maximum atomic E-state index is 11.7. The summed E-state index contributed by atoms with van der Waals surface area (Å²) in [5.74, 6) is 0.0520. The average molecular weight is 297 g/mol. The molecule has 0 radical (unpaired) electrons. The van der Waals surface area contributed by atoms with Gasteiger partial charge >= 0.3 is 6.09 Å². The molecule has 1 amide bonds. The molecule has 0 bridgehead atoms. The standard InChI is InChI=1S/C15H15N5O2/c1-15(2,3)22-14(21)19-13-18-12(9-17-20-13)11-6-4-10(8-16)5-7-11/h4-7,9H,1-3H3,(H,18,19,20,21). The van der Waals surface area contributed by atoms with E-state index in [1.807, 2.05) is 6.07 Å². The van der Waals surface area contributed by atoms with E-state index >= 15 is 0 Å². The van der Waals surface area contributed by atoms with Crippen LogP contribution in [0.1, 0.15) is 26.3 Å². The van der Waals surface area contributed by atoms with E-state index in [4.69, 9.17) is 10.00 Å². The fraction of sp³-hybridized carbons (Fsp3) is 0.267. The Labute approximate surface area is 128 Å². The van der Waals surface area contributed by atoms with Crippen molar-refractivity contribution >= 4 is 12.0 Å². The molecule has 1 heterocycles. The lowest BCUT2D eigenvalue weighted by molar-refractivity contribution is 0.0634. The molecule has 1 N–H and O–H groups in total. The van der Waals surface area contributed by atoms with Gasteiger partial charge in [-0.15, -0.1) is 5.10 Å². The minimum atomic E-state index is -0.647. The Kier molecular flexibility index (Phi) is 4.32. The van der Waals surface area contributed by atoms with E-state index in [-0.39, 0.29) is 5.95 Å². The molecule has 0 unspecified atom stereocenters. The highest BCUT2D eigenvalue weighted by Gasteiger charge is 2.17. The third kappa shape index (κ3) is 4.24. The van der Waals surface area contributed by atoms with Crippen molar-refractivity contribution in [3.05, 3.63) is 36.0 Å². The third-order valence-electron chi connectivity index (χ3n) is 2.48. The number of benzene rings is 1. The largest absolute Gasteiger partial charge is 0.444 e. The predicted molar refractivity (Wildman–Crippen MR) is 79.8 cm³/mol. The molecule has 0 saturated carbocycles. The van der Waals surface area contributed by atoms with Crippen LogP contribution in [-0.4, -0.2) is 26.9 Å². The van der Waals surface area contributed by atoms with Crippen LogP contribution in [0.2, 0.25) is 0 Å². The van der Waals surface area contributed by atoms with Crippen molar-refractivity contribution in [2.45, 2.75) is 26.4 Å². The van der Waals surface area contributed by atoms with Crippen LogP contribution < -0.4 is 5.32 Å². The molecule has 22 heavy (non-hydrogen) atoms. The highest BCUT2D eigenvalue weighted by Crippen LogP contribution is 2.17. The van der Waals surface area contributed by atoms with Gasteiger partial charge < -0.3 is 4.74 Å². The second-order valence-corrected chi connectivity index (χ2v) is 5.48. The van der Waals surface area contributed by atoms with E-state index in [0.29, 0.717) is 11.3 Å². The van der Waals surface area contributed by atoms with Crippen molar-refractivity contribution < 1.29 is 9.53 Å². The first-order valence-electron chi connectivity index (χ1n) is 6.58. The van der Waals surface area contributed by atoms with Crippen molar-refractivity contribution in [1.29, 1.82) is 5.26 Å². The van der Waals surface area contributed by atoms with Crippen LogP contribution in [0.4, 0.5) is 10.7 Å². The molecule has 0 fully saturated rings. The molecular weight excluding hydrogens is 282 g/mol. The molecule has 7 heteroatoms. The number of ether oxygens (including phenoxy) is 1. The topological polar surface area (TPSA) is 101 Å². The number of hydrogen-bond donors (Lipinski definition) is 1. The summed E-state index contributed by atoms with van der Waals surface area (Å²) in [6.07, 6.45) is 0.827. The molecule has 2 aromatic rings. The third-order valence-corrected chi connectivity index (χ3v) is 2.48. The summed E-state index contributed by atoms with van der Waals surface area (Å²) >= 11 is 0. The zero-order valence-electron chi connectivity index (χ0n) is 12.5. The summed E-state index contributed by atoms with van der Waals surface area (Å²) in [5.41, 5.74) is 1.24. The summed E-state index contributed by atoms with van der Waals surface area (Å²) in [6, 6.07) is 8.90. The van der Waals surface area contributed by atoms with Crippen LogP contribution >= 0.6 is 0 Å². The van der Waals surface area contributed by atoms with Gasteiger partial charge in [-0.25, -0.2) is 9.78 Å². The van der Waals surface area contributed by atoms with Gasteiger partial charge in [0.25, 0.3) is 5.95 Å². The molecule has 7 nitrogen and oxygen atoms in total. The van der Waals surface area contributed by atoms with Crippen molar-refractivity contribution in [2.24, 2.45) is 0 Å². The van der Waals surface area contributed by atoms with E-state index in [2.05, 4.69) is 20.5 Å². The predicted octanol–water partition coefficient (Wildman–Crippen LogP) is 2.76. The van der Waals surface area contributed by atoms with Crippen molar-refractivity contribution in [2.75, 3.05) is 5.32 Å². The summed E-state index contributed by atoms with van der Waals surface area (Å²) in [5, 5.41) is 18.8. The molecule has 0 aliphatic carbocycles. The SMILES string of the molecule is CC(C)(C)OC(=O)Nc1nncc(-c2ccc(C#N)cc2)n1. The minimum Gasteiger partial charge on any atom is -0.444 e. The molecule has 1 aromatic carbocycles. The van der Waals surface area contributed by atoms with Gasteiger partial charge in [0.2, 0.25) is 0 Å². The Hall–Kier alpha value is -3.01. The zero-order chi connectivity index (χ0) is 16.2. The molecule has 0 spiro atoms. The fourth-order valence-corrected chi connectivity index (χ4v) is 1.61. The van der Waals surface area contributed by atoms with Crippen LogP contribution in [0.3, 0.4) is 0 Å². The number of amides is 1. The number of rotatable bonds is 2. The van der Waals surface area contributed by atoms with Crippen LogP contribution in [0.15, 0.2) is 30.5 Å². The van der Waals surface area contributed by atoms with Gasteiger partial charge in [-0.1, -0.05) is 12.1 Å². The van der Waals surface area contributed by atoms with Gasteiger partial charge in [-0.05, 0) is 32.9 Å². The maximum Gasteiger partial charge on any atom is 0.414 e. The number of nitriles is 1. The average Bonchev–Trinajstić information content (AvgIpc) is 2.45. The normalized spacial score (nSPS) is 10.6. The molecular formula is C15H15N5O2. The van der Waals surface area contributed by atoms with E-state index in [1.54, 1.807) is 45.0 Å². The molecule has 2 rings (SSSR count). The van der Waals surface area contributed by atoms with Crippen LogP contribution in [-0.2, 0) is 4.74 Å². The molecule has 112 valence electrons. The lowest BCUT2D eigenvalue weighted by Gasteiger charge is -2.19. The molecule has 0 aliphatic rings. The zero-order valence-corrected chi connectivity index (χ0v) is 12.5. The van der Waals surface area contributed by atoms with Gasteiger partial charge in [0.1, 0.15) is 5.60 Å². The number of hydrogen-bond acceptors (Lipinski definition) is 6. The lowest BCUT2D eigenvalue weighted by Crippen LogP contribution is -2.27. The van der Waals surface area contributed by atoms with Crippen LogP contribution in [0, 0.1) is 11.3 Å². The minimum absolute atomic E-state index is 0.0520. The van der Waals surface area contributed by atoms with Gasteiger partial charge in [-0.3, -0.25) is 5.32 Å². The molecule has 0 saturated heterocycles. The first kappa shape index (κ1) is 15.4. The summed E-state index contributed by atoms with van der Waals surface area (Å²) in [4.78, 5) is 15.9. The quantitative estimate of drug-likeness (QED) is 0.914. The van der Waals surface area contributed by atoms with E-state index in [9.17, 15) is 4.79 Å². The summed E-state index contributed by atoms with van der Waals surface area (Å²) in [6.45, 7) is 5.29. The van der Waals surface area contributed by atoms with Gasteiger partial charge in [-0.2, -0.15) is 10.4 Å². The Morgan fingerprint density at radius 1 is 1.27 bits per heavy atom. The van der Waals surface area contributed by atoms with Gasteiger partial charge in [0, 0.05) is 5.56 Å². The van der Waals surface area contributed by atoms with Gasteiger partial charge in [0.15, 0.2) is 0 Å². The second-order valence-electron chi connectivity index (χ2n) is 5.48. The van der Waals surface area contributed by atoms with E-state index in [0.717, 1.165) is 5.56 Å². The summed E-state index contributed by atoms with van der Waals surface area (Å²) in [7, 11) is 0. The molecule has 0 atom stereocenters. The number of anilines is 1. The van der Waals surface area contributed by atoms with Crippen molar-refractivity contribution in [3.63, 3.8) is 0 Å². The lowest BCUT2D eigenvalue weighted by atomic mass is 10.1. The highest BCUT2D eigenvalue weighted by molar-refractivity contribution is 5.82. The Balaban J connectivity index is 2.16. The van der Waals surface area contributed by atoms with Crippen molar-refractivity contribution in [3.8, 4) is 17.3 Å². The first-order chi connectivity index (χ1) is 10.4. The van der Waals surface area contributed by atoms with E-state index < -0.39 is 11.7 Å². The Bertz CT molecular complexity index is 714. The first-order valence-corrected chi connectivity index (χ1v) is 6.58. The molecule has 1 aromatic heterocycles. The van der Waals surface area contributed by atoms with Crippen molar-refractivity contribution in [1.82, 2.24) is 15.2 Å². The number of aromatic nitrogens is 3. The van der Waals surface area contributed by atoms with E-state index in [1.165, 1.54) is 6.20 Å². The number of nitrogens with one attached hydrogen (secondary N) is 1. The fourth-order valence-electron chi connectivity index (χ4n) is 1.61. The van der Waals surface area contributed by atoms with Crippen LogP contribution in [0.5, 0.6) is 0 Å². The van der Waals surface area contributed by atoms with Crippen LogP contribution in [0.25, 0.3) is 11.3 Å². The number of carbonyl (C=O) groups is 1. The van der Waals surface area contributed by atoms with Gasteiger partial charge in [0.05, 0.1) is 23.5 Å². The Morgan fingerprint density at radius 2 is 1.95 bits per heavy atom. The Morgan fingerprint density at radius 3 is 2.55 bits per heavy atom. The number of nitrogens with zero attached hydrogens (tertiary/aromatic N) is 4. The number of carbonyl (C=O) groups excluding carboxylic acids is 1.